The van der Waals surface area contributed by atoms with E-state index < -0.39 is 0 Å². The molecule has 2 aromatic rings. The van der Waals surface area contributed by atoms with Crippen LogP contribution in [0.2, 0.25) is 0 Å². The highest BCUT2D eigenvalue weighted by Crippen LogP contribution is 2.33. The molecule has 1 aromatic carbocycles. The number of benzene rings is 1. The summed E-state index contributed by atoms with van der Waals surface area (Å²) in [6.07, 6.45) is 9.83. The van der Waals surface area contributed by atoms with Gasteiger partial charge in [0, 0.05) is 12.7 Å². The molecule has 0 N–H and O–H groups in total. The van der Waals surface area contributed by atoms with Crippen LogP contribution in [-0.4, -0.2) is 35.3 Å². The zero-order valence-electron chi connectivity index (χ0n) is 14.7. The first-order chi connectivity index (χ1) is 12.3. The molecule has 132 valence electrons. The Hall–Kier alpha value is -2.30. The highest BCUT2D eigenvalue weighted by Gasteiger charge is 2.25. The van der Waals surface area contributed by atoms with Crippen LogP contribution in [0, 0.1) is 6.92 Å². The maximum atomic E-state index is 6.32. The molecule has 1 aliphatic carbocycles. The molecule has 1 aromatic heterocycles. The lowest BCUT2D eigenvalue weighted by molar-refractivity contribution is 0.106. The monoisotopic (exact) mass is 339 g/mol. The maximum Gasteiger partial charge on any atom is 0.161 e. The second-order valence-corrected chi connectivity index (χ2v) is 6.96. The van der Waals surface area contributed by atoms with E-state index in [2.05, 4.69) is 14.9 Å². The molecule has 5 heteroatoms. The quantitative estimate of drug-likeness (QED) is 0.830. The van der Waals surface area contributed by atoms with Gasteiger partial charge in [-0.15, -0.1) is 0 Å². The number of aryl methyl sites for hydroxylation is 1. The predicted molar refractivity (Wildman–Crippen MR) is 97.3 cm³/mol. The van der Waals surface area contributed by atoms with Gasteiger partial charge in [-0.1, -0.05) is 12.1 Å². The van der Waals surface area contributed by atoms with Gasteiger partial charge in [-0.2, -0.15) is 0 Å². The first kappa shape index (κ1) is 16.2. The van der Waals surface area contributed by atoms with Gasteiger partial charge in [0.2, 0.25) is 0 Å². The highest BCUT2D eigenvalue weighted by molar-refractivity contribution is 5.41. The summed E-state index contributed by atoms with van der Waals surface area (Å²) in [7, 11) is 0. The van der Waals surface area contributed by atoms with Crippen LogP contribution < -0.4 is 14.4 Å². The van der Waals surface area contributed by atoms with Gasteiger partial charge in [0.05, 0.1) is 24.5 Å². The molecule has 0 bridgehead atoms. The van der Waals surface area contributed by atoms with E-state index in [4.69, 9.17) is 9.47 Å². The van der Waals surface area contributed by atoms with Crippen LogP contribution in [0.4, 0.5) is 5.82 Å². The van der Waals surface area contributed by atoms with E-state index in [1.807, 2.05) is 37.4 Å². The minimum Gasteiger partial charge on any atom is -0.487 e. The van der Waals surface area contributed by atoms with Crippen molar-refractivity contribution in [2.45, 2.75) is 51.2 Å². The first-order valence-corrected chi connectivity index (χ1v) is 9.24. The Morgan fingerprint density at radius 3 is 2.36 bits per heavy atom. The molecule has 4 rings (SSSR count). The number of nitrogens with zero attached hydrogens (tertiary/aromatic N) is 3. The predicted octanol–water partition coefficient (Wildman–Crippen LogP) is 3.76. The molecule has 1 aliphatic heterocycles. The highest BCUT2D eigenvalue weighted by atomic mass is 16.5. The van der Waals surface area contributed by atoms with Crippen molar-refractivity contribution in [2.24, 2.45) is 0 Å². The summed E-state index contributed by atoms with van der Waals surface area (Å²) in [4.78, 5) is 11.1. The Morgan fingerprint density at radius 2 is 1.68 bits per heavy atom. The summed E-state index contributed by atoms with van der Waals surface area (Å²) in [5.74, 6) is 2.67. The third-order valence-corrected chi connectivity index (χ3v) is 4.93. The van der Waals surface area contributed by atoms with E-state index in [1.54, 1.807) is 6.20 Å². The van der Waals surface area contributed by atoms with Crippen LogP contribution in [0.25, 0.3) is 0 Å². The Balaban J connectivity index is 1.44. The largest absolute Gasteiger partial charge is 0.487 e. The number of piperidine rings is 1. The van der Waals surface area contributed by atoms with Crippen molar-refractivity contribution >= 4 is 5.82 Å². The van der Waals surface area contributed by atoms with Crippen molar-refractivity contribution in [1.82, 2.24) is 9.97 Å². The van der Waals surface area contributed by atoms with Crippen LogP contribution >= 0.6 is 0 Å². The molecule has 1 saturated heterocycles. The molecule has 2 fully saturated rings. The van der Waals surface area contributed by atoms with Gasteiger partial charge in [0.1, 0.15) is 11.9 Å². The van der Waals surface area contributed by atoms with Gasteiger partial charge in [-0.3, -0.25) is 4.98 Å². The fraction of sp³-hybridized carbons (Fsp3) is 0.500. The van der Waals surface area contributed by atoms with Crippen LogP contribution in [-0.2, 0) is 0 Å². The SMILES string of the molecule is Cc1cncc(N2CCCC(Oc3ccccc3OC3CCC3)C2)n1. The third kappa shape index (κ3) is 3.86. The fourth-order valence-electron chi connectivity index (χ4n) is 3.34. The van der Waals surface area contributed by atoms with Crippen molar-refractivity contribution in [1.29, 1.82) is 0 Å². The van der Waals surface area contributed by atoms with Crippen molar-refractivity contribution in [2.75, 3.05) is 18.0 Å². The number of rotatable bonds is 5. The van der Waals surface area contributed by atoms with Gasteiger partial charge >= 0.3 is 0 Å². The summed E-state index contributed by atoms with van der Waals surface area (Å²) in [6, 6.07) is 8.05. The van der Waals surface area contributed by atoms with Gasteiger partial charge in [0.25, 0.3) is 0 Å². The molecular formula is C20H25N3O2. The van der Waals surface area contributed by atoms with E-state index in [9.17, 15) is 0 Å². The molecule has 1 atom stereocenters. The second kappa shape index (κ2) is 7.30. The molecule has 2 aliphatic rings. The van der Waals surface area contributed by atoms with Gasteiger partial charge in [0.15, 0.2) is 11.5 Å². The summed E-state index contributed by atoms with van der Waals surface area (Å²) in [5.41, 5.74) is 0.944. The number of para-hydroxylation sites is 2. The van der Waals surface area contributed by atoms with Crippen LogP contribution in [0.15, 0.2) is 36.7 Å². The fourth-order valence-corrected chi connectivity index (χ4v) is 3.34. The Morgan fingerprint density at radius 1 is 0.960 bits per heavy atom. The molecule has 0 radical (unpaired) electrons. The molecule has 1 saturated carbocycles. The van der Waals surface area contributed by atoms with E-state index in [1.165, 1.54) is 6.42 Å². The minimum atomic E-state index is 0.141. The molecule has 2 heterocycles. The summed E-state index contributed by atoms with van der Waals surface area (Å²) in [6.45, 7) is 3.80. The maximum absolute atomic E-state index is 6.32. The van der Waals surface area contributed by atoms with Crippen LogP contribution in [0.1, 0.15) is 37.8 Å². The Bertz CT molecular complexity index is 718. The molecule has 5 nitrogen and oxygen atoms in total. The lowest BCUT2D eigenvalue weighted by atomic mass is 9.96. The summed E-state index contributed by atoms with van der Waals surface area (Å²) in [5, 5.41) is 0. The van der Waals surface area contributed by atoms with Gasteiger partial charge < -0.3 is 14.4 Å². The smallest absolute Gasteiger partial charge is 0.161 e. The number of aromatic nitrogens is 2. The third-order valence-electron chi connectivity index (χ3n) is 4.93. The van der Waals surface area contributed by atoms with Gasteiger partial charge in [-0.05, 0) is 51.2 Å². The Labute approximate surface area is 149 Å². The normalized spacial score (nSPS) is 20.8. The molecule has 0 amide bonds. The number of hydrogen-bond donors (Lipinski definition) is 0. The van der Waals surface area contributed by atoms with Crippen LogP contribution in [0.3, 0.4) is 0 Å². The van der Waals surface area contributed by atoms with Crippen molar-refractivity contribution in [3.8, 4) is 11.5 Å². The van der Waals surface area contributed by atoms with E-state index in [-0.39, 0.29) is 6.10 Å². The van der Waals surface area contributed by atoms with Crippen molar-refractivity contribution < 1.29 is 9.47 Å². The lowest BCUT2D eigenvalue weighted by Gasteiger charge is -2.34. The van der Waals surface area contributed by atoms with Crippen LogP contribution in [0.5, 0.6) is 11.5 Å². The number of ether oxygens (including phenoxy) is 2. The molecule has 0 spiro atoms. The van der Waals surface area contributed by atoms with E-state index in [0.717, 1.165) is 61.8 Å². The lowest BCUT2D eigenvalue weighted by Crippen LogP contribution is -2.41. The molecular weight excluding hydrogens is 314 g/mol. The Kier molecular flexibility index (Phi) is 4.72. The first-order valence-electron chi connectivity index (χ1n) is 9.24. The molecule has 25 heavy (non-hydrogen) atoms. The van der Waals surface area contributed by atoms with E-state index in [0.29, 0.717) is 6.10 Å². The summed E-state index contributed by atoms with van der Waals surface area (Å²) >= 11 is 0. The standard InChI is InChI=1S/C20H25N3O2/c1-15-12-21-13-20(22-15)23-11-5-8-17(14-23)25-19-10-3-2-9-18(19)24-16-6-4-7-16/h2-3,9-10,12-13,16-17H,4-8,11,14H2,1H3. The average molecular weight is 339 g/mol. The van der Waals surface area contributed by atoms with E-state index >= 15 is 0 Å². The van der Waals surface area contributed by atoms with Gasteiger partial charge in [-0.25, -0.2) is 4.98 Å². The molecule has 1 unspecified atom stereocenters. The zero-order valence-corrected chi connectivity index (χ0v) is 14.7. The number of hydrogen-bond acceptors (Lipinski definition) is 5. The van der Waals surface area contributed by atoms with Crippen molar-refractivity contribution in [3.63, 3.8) is 0 Å². The minimum absolute atomic E-state index is 0.141. The van der Waals surface area contributed by atoms with Crippen molar-refractivity contribution in [3.05, 3.63) is 42.4 Å². The topological polar surface area (TPSA) is 47.5 Å². The zero-order chi connectivity index (χ0) is 17.1. The average Bonchev–Trinajstić information content (AvgIpc) is 2.60. The number of anilines is 1. The second-order valence-electron chi connectivity index (χ2n) is 6.96. The summed E-state index contributed by atoms with van der Waals surface area (Å²) < 4.78 is 12.4.